The van der Waals surface area contributed by atoms with Crippen LogP contribution in [-0.4, -0.2) is 25.9 Å². The van der Waals surface area contributed by atoms with Crippen molar-refractivity contribution < 1.29 is 14.3 Å². The zero-order valence-electron chi connectivity index (χ0n) is 11.1. The van der Waals surface area contributed by atoms with Crippen molar-refractivity contribution in [2.45, 2.75) is 18.9 Å². The van der Waals surface area contributed by atoms with Crippen LogP contribution < -0.4 is 4.74 Å². The zero-order chi connectivity index (χ0) is 13.7. The largest absolute Gasteiger partial charge is 0.497 e. The summed E-state index contributed by atoms with van der Waals surface area (Å²) >= 11 is 0. The van der Waals surface area contributed by atoms with Crippen LogP contribution in [0.1, 0.15) is 18.9 Å². The van der Waals surface area contributed by atoms with E-state index in [0.29, 0.717) is 6.61 Å². The number of benzene rings is 1. The van der Waals surface area contributed by atoms with Crippen molar-refractivity contribution in [2.24, 2.45) is 4.99 Å². The molecule has 100 valence electrons. The number of nitrogens with zero attached hydrogens (tertiary/aromatic N) is 1. The highest BCUT2D eigenvalue weighted by Crippen LogP contribution is 2.35. The van der Waals surface area contributed by atoms with E-state index in [1.807, 2.05) is 36.4 Å². The molecular weight excluding hydrogens is 242 g/mol. The number of methoxy groups -OCH3 is 1. The van der Waals surface area contributed by atoms with Crippen LogP contribution in [0.2, 0.25) is 0 Å². The lowest BCUT2D eigenvalue weighted by atomic mass is 9.88. The molecule has 1 aliphatic heterocycles. The van der Waals surface area contributed by atoms with Crippen molar-refractivity contribution in [3.8, 4) is 5.75 Å². The highest BCUT2D eigenvalue weighted by atomic mass is 16.5. The molecule has 1 heterocycles. The molecule has 4 nitrogen and oxygen atoms in total. The number of carbonyl (C=O) groups is 1. The van der Waals surface area contributed by atoms with E-state index >= 15 is 0 Å². The number of hydrogen-bond donors (Lipinski definition) is 0. The molecule has 0 spiro atoms. The van der Waals surface area contributed by atoms with Crippen LogP contribution in [0.3, 0.4) is 0 Å². The third-order valence-corrected chi connectivity index (χ3v) is 3.07. The maximum absolute atomic E-state index is 11.7. The Balaban J connectivity index is 2.26. The lowest BCUT2D eigenvalue weighted by molar-refractivity contribution is -0.144. The van der Waals surface area contributed by atoms with Gasteiger partial charge in [0.25, 0.3) is 0 Å². The molecule has 1 aromatic carbocycles. The van der Waals surface area contributed by atoms with Crippen molar-refractivity contribution in [2.75, 3.05) is 13.7 Å². The molecule has 0 fully saturated rings. The molecule has 2 rings (SSSR count). The van der Waals surface area contributed by atoms with Crippen molar-refractivity contribution in [3.05, 3.63) is 42.0 Å². The first kappa shape index (κ1) is 13.3. The second-order valence-corrected chi connectivity index (χ2v) is 4.27. The quantitative estimate of drug-likeness (QED) is 0.763. The zero-order valence-corrected chi connectivity index (χ0v) is 11.1. The summed E-state index contributed by atoms with van der Waals surface area (Å²) in [5, 5.41) is 0. The van der Waals surface area contributed by atoms with E-state index in [2.05, 4.69) is 4.99 Å². The minimum absolute atomic E-state index is 0.209. The van der Waals surface area contributed by atoms with E-state index in [-0.39, 0.29) is 12.4 Å². The molecule has 1 aromatic rings. The van der Waals surface area contributed by atoms with E-state index in [1.54, 1.807) is 20.2 Å². The molecular formula is C15H17NO3. The second kappa shape index (κ2) is 5.69. The van der Waals surface area contributed by atoms with Gasteiger partial charge in [-0.15, -0.1) is 0 Å². The summed E-state index contributed by atoms with van der Waals surface area (Å²) in [6.45, 7) is 2.18. The summed E-state index contributed by atoms with van der Waals surface area (Å²) in [5.41, 5.74) is 0.310. The minimum atomic E-state index is -0.640. The van der Waals surface area contributed by atoms with E-state index < -0.39 is 5.54 Å². The highest BCUT2D eigenvalue weighted by Gasteiger charge is 2.33. The molecule has 0 saturated heterocycles. The van der Waals surface area contributed by atoms with Crippen LogP contribution in [0.15, 0.2) is 41.4 Å². The fraction of sp³-hybridized carbons (Fsp3) is 0.333. The fourth-order valence-corrected chi connectivity index (χ4v) is 2.11. The van der Waals surface area contributed by atoms with Gasteiger partial charge >= 0.3 is 5.97 Å². The number of ether oxygens (including phenoxy) is 2. The molecule has 19 heavy (non-hydrogen) atoms. The molecule has 0 amide bonds. The van der Waals surface area contributed by atoms with Crippen LogP contribution in [0, 0.1) is 0 Å². The van der Waals surface area contributed by atoms with E-state index in [0.717, 1.165) is 11.3 Å². The lowest BCUT2D eigenvalue weighted by Gasteiger charge is -2.24. The molecule has 1 aliphatic rings. The van der Waals surface area contributed by atoms with Gasteiger partial charge in [0.2, 0.25) is 0 Å². The lowest BCUT2D eigenvalue weighted by Crippen LogP contribution is -2.24. The van der Waals surface area contributed by atoms with Gasteiger partial charge in [-0.1, -0.05) is 18.2 Å². The van der Waals surface area contributed by atoms with Gasteiger partial charge in [0.05, 0.1) is 20.1 Å². The van der Waals surface area contributed by atoms with Crippen LogP contribution in [0.4, 0.5) is 0 Å². The van der Waals surface area contributed by atoms with Crippen molar-refractivity contribution in [1.29, 1.82) is 0 Å². The van der Waals surface area contributed by atoms with Gasteiger partial charge < -0.3 is 9.47 Å². The Morgan fingerprint density at radius 3 is 2.58 bits per heavy atom. The number of hydrogen-bond acceptors (Lipinski definition) is 4. The van der Waals surface area contributed by atoms with Crippen LogP contribution in [-0.2, 0) is 15.1 Å². The van der Waals surface area contributed by atoms with Crippen LogP contribution >= 0.6 is 0 Å². The first-order chi connectivity index (χ1) is 9.20. The number of aliphatic imine (C=N–C) groups is 1. The number of rotatable bonds is 5. The Bertz CT molecular complexity index is 491. The van der Waals surface area contributed by atoms with Gasteiger partial charge in [0.1, 0.15) is 11.3 Å². The molecule has 0 aromatic heterocycles. The fourth-order valence-electron chi connectivity index (χ4n) is 2.11. The topological polar surface area (TPSA) is 47.9 Å². The first-order valence-electron chi connectivity index (χ1n) is 6.23. The maximum atomic E-state index is 11.7. The smallest absolute Gasteiger partial charge is 0.308 e. The van der Waals surface area contributed by atoms with Crippen LogP contribution in [0.5, 0.6) is 5.75 Å². The Hall–Kier alpha value is -2.10. The van der Waals surface area contributed by atoms with E-state index in [1.165, 1.54) is 0 Å². The molecule has 0 aliphatic carbocycles. The van der Waals surface area contributed by atoms with E-state index in [4.69, 9.17) is 9.47 Å². The number of esters is 1. The Morgan fingerprint density at radius 2 is 2.05 bits per heavy atom. The monoisotopic (exact) mass is 259 g/mol. The standard InChI is InChI=1S/C15H17NO3/c1-3-19-14(17)11-15(9-4-10-16-15)12-5-7-13(18-2)8-6-12/h4-10H,3,11H2,1-2H3. The predicted octanol–water partition coefficient (Wildman–Crippen LogP) is 2.48. The molecule has 0 bridgehead atoms. The molecule has 1 unspecified atom stereocenters. The summed E-state index contributed by atoms with van der Waals surface area (Å²) in [7, 11) is 1.62. The average Bonchev–Trinajstić information content (AvgIpc) is 2.89. The van der Waals surface area contributed by atoms with Gasteiger partial charge in [-0.2, -0.15) is 0 Å². The molecule has 4 heteroatoms. The summed E-state index contributed by atoms with van der Waals surface area (Å²) in [6.07, 6.45) is 5.69. The Morgan fingerprint density at radius 1 is 1.32 bits per heavy atom. The normalized spacial score (nSPS) is 20.5. The summed E-state index contributed by atoms with van der Waals surface area (Å²) in [5.74, 6) is 0.531. The van der Waals surface area contributed by atoms with Crippen LogP contribution in [0.25, 0.3) is 0 Å². The molecule has 0 radical (unpaired) electrons. The highest BCUT2D eigenvalue weighted by molar-refractivity contribution is 5.79. The van der Waals surface area contributed by atoms with Gasteiger partial charge in [-0.25, -0.2) is 0 Å². The third-order valence-electron chi connectivity index (χ3n) is 3.07. The Labute approximate surface area is 112 Å². The van der Waals surface area contributed by atoms with Crippen molar-refractivity contribution in [1.82, 2.24) is 0 Å². The van der Waals surface area contributed by atoms with Crippen molar-refractivity contribution >= 4 is 12.2 Å². The number of carbonyl (C=O) groups excluding carboxylic acids is 1. The summed E-state index contributed by atoms with van der Waals surface area (Å²) < 4.78 is 10.2. The van der Waals surface area contributed by atoms with E-state index in [9.17, 15) is 4.79 Å². The van der Waals surface area contributed by atoms with Gasteiger partial charge in [0.15, 0.2) is 0 Å². The maximum Gasteiger partial charge on any atom is 0.308 e. The summed E-state index contributed by atoms with van der Waals surface area (Å²) in [6, 6.07) is 7.57. The van der Waals surface area contributed by atoms with Crippen molar-refractivity contribution in [3.63, 3.8) is 0 Å². The molecule has 0 saturated carbocycles. The predicted molar refractivity (Wildman–Crippen MR) is 73.6 cm³/mol. The van der Waals surface area contributed by atoms with Gasteiger partial charge in [0, 0.05) is 6.21 Å². The minimum Gasteiger partial charge on any atom is -0.497 e. The first-order valence-corrected chi connectivity index (χ1v) is 6.23. The molecule has 0 N–H and O–H groups in total. The Kier molecular flexibility index (Phi) is 4.00. The third kappa shape index (κ3) is 2.84. The second-order valence-electron chi connectivity index (χ2n) is 4.27. The van der Waals surface area contributed by atoms with Gasteiger partial charge in [-0.05, 0) is 30.7 Å². The number of allylic oxidation sites excluding steroid dienone is 1. The average molecular weight is 259 g/mol. The summed E-state index contributed by atoms with van der Waals surface area (Å²) in [4.78, 5) is 16.2. The SMILES string of the molecule is CCOC(=O)CC1(c2ccc(OC)cc2)C=CC=N1. The van der Waals surface area contributed by atoms with Gasteiger partial charge in [-0.3, -0.25) is 9.79 Å². The molecule has 1 atom stereocenters.